The Hall–Kier alpha value is -2.60. The highest BCUT2D eigenvalue weighted by molar-refractivity contribution is 5.92. The molecule has 1 aromatic carbocycles. The quantitative estimate of drug-likeness (QED) is 0.858. The van der Waals surface area contributed by atoms with E-state index in [2.05, 4.69) is 0 Å². The molecule has 124 valence electrons. The zero-order chi connectivity index (χ0) is 16.5. The maximum Gasteiger partial charge on any atom is 0.289 e. The van der Waals surface area contributed by atoms with Crippen molar-refractivity contribution < 1.29 is 18.7 Å². The molecule has 0 radical (unpaired) electrons. The summed E-state index contributed by atoms with van der Waals surface area (Å²) < 4.78 is 10.9. The van der Waals surface area contributed by atoms with Crippen LogP contribution in [0.4, 0.5) is 0 Å². The first-order valence-electron chi connectivity index (χ1n) is 8.00. The minimum absolute atomic E-state index is 0.0348. The first-order chi connectivity index (χ1) is 11.7. The molecule has 4 rings (SSSR count). The molecule has 2 atom stereocenters. The van der Waals surface area contributed by atoms with Crippen molar-refractivity contribution in [1.82, 2.24) is 9.80 Å². The second-order valence-corrected chi connectivity index (χ2v) is 6.11. The van der Waals surface area contributed by atoms with Crippen molar-refractivity contribution in [1.29, 1.82) is 0 Å². The monoisotopic (exact) mass is 326 g/mol. The summed E-state index contributed by atoms with van der Waals surface area (Å²) in [6, 6.07) is 13.1. The Kier molecular flexibility index (Phi) is 3.82. The van der Waals surface area contributed by atoms with E-state index in [1.807, 2.05) is 35.2 Å². The molecule has 0 aliphatic carbocycles. The van der Waals surface area contributed by atoms with Crippen molar-refractivity contribution in [2.45, 2.75) is 18.7 Å². The van der Waals surface area contributed by atoms with Gasteiger partial charge >= 0.3 is 0 Å². The molecule has 0 spiro atoms. The number of rotatable bonds is 3. The Labute approximate surface area is 139 Å². The number of amides is 2. The third kappa shape index (κ3) is 2.69. The van der Waals surface area contributed by atoms with Crippen molar-refractivity contribution in [3.05, 3.63) is 60.1 Å². The molecule has 24 heavy (non-hydrogen) atoms. The topological polar surface area (TPSA) is 63.0 Å². The van der Waals surface area contributed by atoms with Crippen LogP contribution < -0.4 is 0 Å². The van der Waals surface area contributed by atoms with Gasteiger partial charge in [-0.1, -0.05) is 30.3 Å². The van der Waals surface area contributed by atoms with Crippen LogP contribution in [0.25, 0.3) is 0 Å². The Balaban J connectivity index is 1.52. The lowest BCUT2D eigenvalue weighted by atomic mass is 10.1. The summed E-state index contributed by atoms with van der Waals surface area (Å²) in [6.45, 7) is 1.54. The Morgan fingerprint density at radius 1 is 1.12 bits per heavy atom. The van der Waals surface area contributed by atoms with Crippen LogP contribution in [0.3, 0.4) is 0 Å². The predicted octanol–water partition coefficient (Wildman–Crippen LogP) is 1.53. The van der Waals surface area contributed by atoms with E-state index in [9.17, 15) is 9.59 Å². The van der Waals surface area contributed by atoms with Gasteiger partial charge in [0.05, 0.1) is 18.4 Å². The van der Waals surface area contributed by atoms with Crippen LogP contribution in [0.2, 0.25) is 0 Å². The number of hydrogen-bond donors (Lipinski definition) is 0. The third-order valence-electron chi connectivity index (χ3n) is 4.59. The van der Waals surface area contributed by atoms with Gasteiger partial charge in [-0.3, -0.25) is 9.59 Å². The standard InChI is InChI=1S/C18H18N2O4/c21-17-12-24-16-11-19(18(22)15-7-4-8-23-15)10-14(16)20(17)9-13-5-2-1-3-6-13/h1-8,14,16H,9-12H2/t14-,16+/m1/s1. The van der Waals surface area contributed by atoms with Crippen molar-refractivity contribution in [3.63, 3.8) is 0 Å². The molecular formula is C18H18N2O4. The average molecular weight is 326 g/mol. The summed E-state index contributed by atoms with van der Waals surface area (Å²) in [5.41, 5.74) is 1.07. The minimum atomic E-state index is -0.162. The van der Waals surface area contributed by atoms with Crippen LogP contribution in [0.15, 0.2) is 53.1 Å². The van der Waals surface area contributed by atoms with Crippen LogP contribution >= 0.6 is 0 Å². The van der Waals surface area contributed by atoms with E-state index in [-0.39, 0.29) is 30.6 Å². The lowest BCUT2D eigenvalue weighted by Gasteiger charge is -2.36. The maximum atomic E-state index is 12.5. The Bertz CT molecular complexity index is 729. The summed E-state index contributed by atoms with van der Waals surface area (Å²) in [5, 5.41) is 0. The average Bonchev–Trinajstić information content (AvgIpc) is 3.27. The molecule has 3 heterocycles. The van der Waals surface area contributed by atoms with Crippen LogP contribution in [0.1, 0.15) is 16.1 Å². The minimum Gasteiger partial charge on any atom is -0.459 e. The number of ether oxygens (including phenoxy) is 1. The molecule has 2 saturated heterocycles. The number of carbonyl (C=O) groups excluding carboxylic acids is 2. The first-order valence-corrected chi connectivity index (χ1v) is 8.00. The molecule has 2 aliphatic rings. The number of hydrogen-bond acceptors (Lipinski definition) is 4. The molecule has 0 saturated carbocycles. The summed E-state index contributed by atoms with van der Waals surface area (Å²) in [7, 11) is 0. The number of nitrogens with zero attached hydrogens (tertiary/aromatic N) is 2. The van der Waals surface area contributed by atoms with Crippen LogP contribution in [0.5, 0.6) is 0 Å². The van der Waals surface area contributed by atoms with Crippen LogP contribution in [-0.4, -0.2) is 53.5 Å². The van der Waals surface area contributed by atoms with Crippen LogP contribution in [0, 0.1) is 0 Å². The highest BCUT2D eigenvalue weighted by atomic mass is 16.5. The molecule has 6 heteroatoms. The highest BCUT2D eigenvalue weighted by Crippen LogP contribution is 2.26. The van der Waals surface area contributed by atoms with Gasteiger partial charge in [0.2, 0.25) is 5.91 Å². The number of likely N-dealkylation sites (tertiary alicyclic amines) is 1. The van der Waals surface area contributed by atoms with Gasteiger partial charge in [0, 0.05) is 19.6 Å². The van der Waals surface area contributed by atoms with Crippen molar-refractivity contribution in [3.8, 4) is 0 Å². The Morgan fingerprint density at radius 2 is 1.96 bits per heavy atom. The van der Waals surface area contributed by atoms with Gasteiger partial charge in [0.15, 0.2) is 5.76 Å². The summed E-state index contributed by atoms with van der Waals surface area (Å²) in [5.74, 6) is 0.118. The van der Waals surface area contributed by atoms with E-state index in [0.29, 0.717) is 25.4 Å². The van der Waals surface area contributed by atoms with Gasteiger partial charge in [0.1, 0.15) is 6.61 Å². The molecule has 2 aliphatic heterocycles. The molecule has 2 fully saturated rings. The molecule has 6 nitrogen and oxygen atoms in total. The van der Waals surface area contributed by atoms with E-state index < -0.39 is 0 Å². The fourth-order valence-corrected chi connectivity index (χ4v) is 3.37. The number of morpholine rings is 1. The van der Waals surface area contributed by atoms with E-state index in [1.54, 1.807) is 17.0 Å². The number of benzene rings is 1. The lowest BCUT2D eigenvalue weighted by molar-refractivity contribution is -0.153. The number of furan rings is 1. The van der Waals surface area contributed by atoms with Crippen molar-refractivity contribution in [2.75, 3.05) is 19.7 Å². The molecule has 0 unspecified atom stereocenters. The number of carbonyl (C=O) groups is 2. The third-order valence-corrected chi connectivity index (χ3v) is 4.59. The van der Waals surface area contributed by atoms with E-state index in [4.69, 9.17) is 9.15 Å². The first kappa shape index (κ1) is 15.0. The maximum absolute atomic E-state index is 12.5. The van der Waals surface area contributed by atoms with E-state index in [1.165, 1.54) is 6.26 Å². The molecule has 1 aromatic heterocycles. The molecule has 2 amide bonds. The summed E-state index contributed by atoms with van der Waals surface area (Å²) in [6.07, 6.45) is 1.34. The van der Waals surface area contributed by atoms with Gasteiger partial charge in [0.25, 0.3) is 5.91 Å². The SMILES string of the molecule is O=C(c1ccco1)N1C[C@@H]2OCC(=O)N(Cc3ccccc3)[C@@H]2C1. The smallest absolute Gasteiger partial charge is 0.289 e. The normalized spacial score (nSPS) is 23.4. The van der Waals surface area contributed by atoms with E-state index >= 15 is 0 Å². The zero-order valence-corrected chi connectivity index (χ0v) is 13.1. The predicted molar refractivity (Wildman–Crippen MR) is 85.1 cm³/mol. The lowest BCUT2D eigenvalue weighted by Crippen LogP contribution is -2.53. The largest absolute Gasteiger partial charge is 0.459 e. The van der Waals surface area contributed by atoms with Gasteiger partial charge in [-0.15, -0.1) is 0 Å². The van der Waals surface area contributed by atoms with Gasteiger partial charge in [-0.25, -0.2) is 0 Å². The molecule has 0 N–H and O–H groups in total. The highest BCUT2D eigenvalue weighted by Gasteiger charge is 2.45. The molecule has 2 aromatic rings. The Morgan fingerprint density at radius 3 is 2.71 bits per heavy atom. The fourth-order valence-electron chi connectivity index (χ4n) is 3.37. The fraction of sp³-hybridized carbons (Fsp3) is 0.333. The summed E-state index contributed by atoms with van der Waals surface area (Å²) >= 11 is 0. The van der Waals surface area contributed by atoms with Crippen molar-refractivity contribution >= 4 is 11.8 Å². The second-order valence-electron chi connectivity index (χ2n) is 6.11. The summed E-state index contributed by atoms with van der Waals surface area (Å²) in [4.78, 5) is 28.3. The van der Waals surface area contributed by atoms with Gasteiger partial charge in [-0.05, 0) is 17.7 Å². The number of fused-ring (bicyclic) bond motifs is 1. The van der Waals surface area contributed by atoms with Gasteiger partial charge in [-0.2, -0.15) is 0 Å². The van der Waals surface area contributed by atoms with Crippen LogP contribution in [-0.2, 0) is 16.1 Å². The van der Waals surface area contributed by atoms with E-state index in [0.717, 1.165) is 5.56 Å². The second kappa shape index (κ2) is 6.13. The molecule has 0 bridgehead atoms. The van der Waals surface area contributed by atoms with Crippen molar-refractivity contribution in [2.24, 2.45) is 0 Å². The zero-order valence-electron chi connectivity index (χ0n) is 13.1. The van der Waals surface area contributed by atoms with Gasteiger partial charge < -0.3 is 19.0 Å². The molecular weight excluding hydrogens is 308 g/mol.